The van der Waals surface area contributed by atoms with E-state index >= 15 is 0 Å². The number of fused-ring (bicyclic) bond motifs is 1. The lowest BCUT2D eigenvalue weighted by atomic mass is 10.1. The summed E-state index contributed by atoms with van der Waals surface area (Å²) in [4.78, 5) is 9.75. The molecule has 4 rings (SSSR count). The van der Waals surface area contributed by atoms with Crippen LogP contribution < -0.4 is 9.64 Å². The van der Waals surface area contributed by atoms with Gasteiger partial charge in [0.25, 0.3) is 0 Å². The van der Waals surface area contributed by atoms with E-state index in [9.17, 15) is 5.11 Å². The molecule has 1 fully saturated rings. The first-order valence-corrected chi connectivity index (χ1v) is 10.9. The smallest absolute Gasteiger partial charge is 0.176 e. The zero-order chi connectivity index (χ0) is 21.8. The van der Waals surface area contributed by atoms with E-state index in [0.717, 1.165) is 66.5 Å². The van der Waals surface area contributed by atoms with Crippen molar-refractivity contribution in [1.29, 1.82) is 0 Å². The highest BCUT2D eigenvalue weighted by Gasteiger charge is 2.22. The van der Waals surface area contributed by atoms with Crippen molar-refractivity contribution in [2.75, 3.05) is 51.3 Å². The van der Waals surface area contributed by atoms with Gasteiger partial charge in [-0.15, -0.1) is 0 Å². The summed E-state index contributed by atoms with van der Waals surface area (Å²) in [6, 6.07) is 11.9. The number of aromatic nitrogens is 1. The van der Waals surface area contributed by atoms with Gasteiger partial charge in [-0.25, -0.2) is 4.98 Å². The van der Waals surface area contributed by atoms with Crippen molar-refractivity contribution in [3.8, 4) is 17.0 Å². The van der Waals surface area contributed by atoms with Gasteiger partial charge in [-0.2, -0.15) is 0 Å². The van der Waals surface area contributed by atoms with E-state index in [1.54, 1.807) is 13.2 Å². The number of furan rings is 1. The van der Waals surface area contributed by atoms with Crippen LogP contribution in [0, 0.1) is 0 Å². The largest absolute Gasteiger partial charge is 0.493 e. The van der Waals surface area contributed by atoms with Gasteiger partial charge >= 0.3 is 0 Å². The Hall–Kier alpha value is -2.61. The van der Waals surface area contributed by atoms with Crippen LogP contribution in [0.4, 0.5) is 5.82 Å². The van der Waals surface area contributed by atoms with Gasteiger partial charge in [-0.3, -0.25) is 0 Å². The molecule has 1 unspecified atom stereocenters. The third-order valence-electron chi connectivity index (χ3n) is 5.96. The first-order valence-electron chi connectivity index (χ1n) is 10.9. The summed E-state index contributed by atoms with van der Waals surface area (Å²) in [5.74, 6) is 0.481. The summed E-state index contributed by atoms with van der Waals surface area (Å²) in [5.41, 5.74) is 2.78. The molecule has 31 heavy (non-hydrogen) atoms. The Bertz CT molecular complexity index is 992. The Labute approximate surface area is 183 Å². The summed E-state index contributed by atoms with van der Waals surface area (Å²) in [6.45, 7) is 9.22. The number of piperazine rings is 1. The highest BCUT2D eigenvalue weighted by Crippen LogP contribution is 2.32. The molecule has 0 aliphatic carbocycles. The number of anilines is 1. The number of pyridine rings is 1. The van der Waals surface area contributed by atoms with Crippen molar-refractivity contribution in [2.24, 2.45) is 0 Å². The summed E-state index contributed by atoms with van der Waals surface area (Å²) in [6.07, 6.45) is 2.12. The van der Waals surface area contributed by atoms with Crippen LogP contribution in [0.2, 0.25) is 0 Å². The minimum atomic E-state index is -1.18. The number of ether oxygens (including phenoxy) is 2. The Kier molecular flexibility index (Phi) is 6.46. The first-order chi connectivity index (χ1) is 15.0. The maximum Gasteiger partial charge on any atom is 0.176 e. The normalized spacial score (nSPS) is 17.1. The molecule has 1 saturated heterocycles. The van der Waals surface area contributed by atoms with Crippen molar-refractivity contribution in [3.63, 3.8) is 0 Å². The molecule has 0 saturated carbocycles. The van der Waals surface area contributed by atoms with Crippen LogP contribution in [-0.2, 0) is 4.74 Å². The summed E-state index contributed by atoms with van der Waals surface area (Å²) < 4.78 is 16.5. The van der Waals surface area contributed by atoms with Crippen molar-refractivity contribution in [2.45, 2.75) is 26.1 Å². The predicted molar refractivity (Wildman–Crippen MR) is 122 cm³/mol. The number of rotatable bonds is 8. The van der Waals surface area contributed by atoms with Gasteiger partial charge in [0, 0.05) is 50.7 Å². The van der Waals surface area contributed by atoms with Crippen LogP contribution in [0.5, 0.6) is 5.75 Å². The van der Waals surface area contributed by atoms with Gasteiger partial charge in [-0.05, 0) is 49.9 Å². The van der Waals surface area contributed by atoms with Gasteiger partial charge in [0.05, 0.1) is 18.6 Å². The lowest BCUT2D eigenvalue weighted by molar-refractivity contribution is -0.178. The van der Waals surface area contributed by atoms with Gasteiger partial charge in [0.1, 0.15) is 5.75 Å². The van der Waals surface area contributed by atoms with Crippen molar-refractivity contribution in [1.82, 2.24) is 9.88 Å². The molecule has 7 nitrogen and oxygen atoms in total. The molecule has 3 aromatic rings. The molecule has 7 heteroatoms. The van der Waals surface area contributed by atoms with Gasteiger partial charge in [-0.1, -0.05) is 6.92 Å². The summed E-state index contributed by atoms with van der Waals surface area (Å²) in [5, 5.41) is 11.0. The highest BCUT2D eigenvalue weighted by molar-refractivity contribution is 5.90. The van der Waals surface area contributed by atoms with Gasteiger partial charge in [0.15, 0.2) is 17.2 Å². The molecule has 1 aliphatic heterocycles. The molecule has 0 spiro atoms. The number of hydrogen-bond acceptors (Lipinski definition) is 7. The molecule has 3 heterocycles. The molecule has 166 valence electrons. The third-order valence-corrected chi connectivity index (χ3v) is 5.96. The minimum absolute atomic E-state index is 0.368. The predicted octanol–water partition coefficient (Wildman–Crippen LogP) is 3.76. The average molecular weight is 426 g/mol. The second-order valence-electron chi connectivity index (χ2n) is 8.09. The van der Waals surface area contributed by atoms with Crippen LogP contribution in [0.3, 0.4) is 0 Å². The lowest BCUT2D eigenvalue weighted by Crippen LogP contribution is -2.46. The van der Waals surface area contributed by atoms with E-state index in [-0.39, 0.29) is 0 Å². The Morgan fingerprint density at radius 3 is 2.55 bits per heavy atom. The quantitative estimate of drug-likeness (QED) is 0.551. The van der Waals surface area contributed by atoms with E-state index in [4.69, 9.17) is 18.9 Å². The van der Waals surface area contributed by atoms with E-state index in [0.29, 0.717) is 13.0 Å². The summed E-state index contributed by atoms with van der Waals surface area (Å²) in [7, 11) is 1.48. The number of aliphatic hydroxyl groups is 1. The fourth-order valence-corrected chi connectivity index (χ4v) is 3.78. The number of hydrogen-bond donors (Lipinski definition) is 1. The summed E-state index contributed by atoms with van der Waals surface area (Å²) >= 11 is 0. The van der Waals surface area contributed by atoms with Gasteiger partial charge in [0.2, 0.25) is 0 Å². The molecule has 0 amide bonds. The number of nitrogens with zero attached hydrogens (tertiary/aromatic N) is 3. The fraction of sp³-hybridized carbons (Fsp3) is 0.458. The molecule has 1 atom stereocenters. The topological polar surface area (TPSA) is 71.2 Å². The molecule has 1 aliphatic rings. The van der Waals surface area contributed by atoms with E-state index in [1.165, 1.54) is 7.11 Å². The van der Waals surface area contributed by atoms with Crippen molar-refractivity contribution in [3.05, 3.63) is 42.7 Å². The van der Waals surface area contributed by atoms with E-state index in [1.807, 2.05) is 30.3 Å². The van der Waals surface area contributed by atoms with E-state index in [2.05, 4.69) is 22.8 Å². The van der Waals surface area contributed by atoms with E-state index < -0.39 is 5.79 Å². The first kappa shape index (κ1) is 21.6. The number of likely N-dealkylation sites (N-methyl/N-ethyl adjacent to an activating group) is 1. The third kappa shape index (κ3) is 5.01. The fourth-order valence-electron chi connectivity index (χ4n) is 3.78. The lowest BCUT2D eigenvalue weighted by Gasteiger charge is -2.34. The molecular weight excluding hydrogens is 394 g/mol. The minimum Gasteiger partial charge on any atom is -0.493 e. The zero-order valence-corrected chi connectivity index (χ0v) is 18.5. The zero-order valence-electron chi connectivity index (χ0n) is 18.5. The molecule has 2 aromatic heterocycles. The van der Waals surface area contributed by atoms with Crippen molar-refractivity contribution < 1.29 is 19.0 Å². The molecular formula is C24H31N3O4. The second-order valence-corrected chi connectivity index (χ2v) is 8.09. The van der Waals surface area contributed by atoms with Gasteiger partial charge < -0.3 is 28.8 Å². The molecule has 1 N–H and O–H groups in total. The van der Waals surface area contributed by atoms with Crippen LogP contribution >= 0.6 is 0 Å². The Balaban J connectivity index is 1.52. The van der Waals surface area contributed by atoms with Crippen LogP contribution in [0.25, 0.3) is 22.2 Å². The van der Waals surface area contributed by atoms with Crippen molar-refractivity contribution >= 4 is 16.8 Å². The monoisotopic (exact) mass is 425 g/mol. The standard InChI is InChI=1S/C24H31N3O4/c1-4-26-11-13-27(14-12-26)23-22-19(9-15-31-22)17-21(25-23)18-5-7-20(8-6-18)30-16-10-24(2,28)29-3/h5-9,15,17,28H,4,10-14,16H2,1-3H3. The van der Waals surface area contributed by atoms with Crippen LogP contribution in [-0.4, -0.2) is 67.2 Å². The Morgan fingerprint density at radius 2 is 1.87 bits per heavy atom. The SMILES string of the molecule is CCN1CCN(c2nc(-c3ccc(OCCC(C)(O)OC)cc3)cc3ccoc23)CC1. The second kappa shape index (κ2) is 9.26. The average Bonchev–Trinajstić information content (AvgIpc) is 3.28. The molecule has 0 radical (unpaired) electrons. The molecule has 0 bridgehead atoms. The van der Waals surface area contributed by atoms with Crippen LogP contribution in [0.1, 0.15) is 20.3 Å². The maximum atomic E-state index is 9.90. The number of benzene rings is 1. The maximum absolute atomic E-state index is 9.90. The highest BCUT2D eigenvalue weighted by atomic mass is 16.6. The molecule has 1 aromatic carbocycles. The Morgan fingerprint density at radius 1 is 1.13 bits per heavy atom. The van der Waals surface area contributed by atoms with Crippen LogP contribution in [0.15, 0.2) is 47.1 Å². The number of methoxy groups -OCH3 is 1.